The fourth-order valence-electron chi connectivity index (χ4n) is 2.87. The first kappa shape index (κ1) is 11.4. The number of likely N-dealkylation sites (tertiary alicyclic amines) is 1. The molecule has 3 nitrogen and oxygen atoms in total. The number of rotatable bonds is 4. The van der Waals surface area contributed by atoms with Crippen LogP contribution >= 0.6 is 0 Å². The SMILES string of the molecule is CN1CCC(C(O)CNC2CCCC2)C1. The first-order valence-electron chi connectivity index (χ1n) is 6.35. The van der Waals surface area contributed by atoms with E-state index in [-0.39, 0.29) is 6.10 Å². The molecule has 0 aromatic carbocycles. The van der Waals surface area contributed by atoms with Crippen molar-refractivity contribution in [3.63, 3.8) is 0 Å². The van der Waals surface area contributed by atoms with E-state index < -0.39 is 0 Å². The van der Waals surface area contributed by atoms with E-state index in [0.717, 1.165) is 26.1 Å². The van der Waals surface area contributed by atoms with Gasteiger partial charge in [0.25, 0.3) is 0 Å². The Morgan fingerprint density at radius 1 is 1.33 bits per heavy atom. The smallest absolute Gasteiger partial charge is 0.0705 e. The zero-order valence-electron chi connectivity index (χ0n) is 9.78. The van der Waals surface area contributed by atoms with Crippen molar-refractivity contribution in [3.8, 4) is 0 Å². The molecule has 0 aromatic heterocycles. The van der Waals surface area contributed by atoms with Crippen LogP contribution in [0.15, 0.2) is 0 Å². The Kier molecular flexibility index (Phi) is 4.00. The topological polar surface area (TPSA) is 35.5 Å². The summed E-state index contributed by atoms with van der Waals surface area (Å²) in [6.07, 6.45) is 6.34. The maximum atomic E-state index is 10.0. The third-order valence-electron chi connectivity index (χ3n) is 3.94. The van der Waals surface area contributed by atoms with Crippen LogP contribution in [0, 0.1) is 5.92 Å². The quantitative estimate of drug-likeness (QED) is 0.724. The average molecular weight is 212 g/mol. The van der Waals surface area contributed by atoms with Crippen molar-refractivity contribution >= 4 is 0 Å². The van der Waals surface area contributed by atoms with Gasteiger partial charge in [-0.25, -0.2) is 0 Å². The predicted octanol–water partition coefficient (Wildman–Crippen LogP) is 0.831. The highest BCUT2D eigenvalue weighted by molar-refractivity contribution is 4.82. The van der Waals surface area contributed by atoms with E-state index in [1.54, 1.807) is 0 Å². The highest BCUT2D eigenvalue weighted by Gasteiger charge is 2.26. The van der Waals surface area contributed by atoms with Gasteiger partial charge in [0, 0.05) is 19.1 Å². The van der Waals surface area contributed by atoms with Gasteiger partial charge in [-0.1, -0.05) is 12.8 Å². The van der Waals surface area contributed by atoms with Gasteiger partial charge in [0.05, 0.1) is 6.10 Å². The van der Waals surface area contributed by atoms with E-state index in [9.17, 15) is 5.11 Å². The molecular weight excluding hydrogens is 188 g/mol. The maximum absolute atomic E-state index is 10.0. The van der Waals surface area contributed by atoms with Gasteiger partial charge < -0.3 is 15.3 Å². The number of aliphatic hydroxyl groups is 1. The molecule has 1 aliphatic carbocycles. The normalized spacial score (nSPS) is 31.2. The summed E-state index contributed by atoms with van der Waals surface area (Å²) in [7, 11) is 2.14. The van der Waals surface area contributed by atoms with Gasteiger partial charge in [0.2, 0.25) is 0 Å². The second-order valence-corrected chi connectivity index (χ2v) is 5.27. The van der Waals surface area contributed by atoms with Crippen molar-refractivity contribution in [2.24, 2.45) is 5.92 Å². The second-order valence-electron chi connectivity index (χ2n) is 5.27. The lowest BCUT2D eigenvalue weighted by atomic mass is 10.0. The van der Waals surface area contributed by atoms with E-state index in [4.69, 9.17) is 0 Å². The molecule has 15 heavy (non-hydrogen) atoms. The Labute approximate surface area is 92.8 Å². The Morgan fingerprint density at radius 3 is 2.67 bits per heavy atom. The van der Waals surface area contributed by atoms with Gasteiger partial charge in [-0.05, 0) is 38.8 Å². The summed E-state index contributed by atoms with van der Waals surface area (Å²) in [5, 5.41) is 13.5. The summed E-state index contributed by atoms with van der Waals surface area (Å²) in [6, 6.07) is 0.679. The Bertz CT molecular complexity index is 192. The Morgan fingerprint density at radius 2 is 2.07 bits per heavy atom. The molecule has 0 aromatic rings. The van der Waals surface area contributed by atoms with Crippen LogP contribution in [-0.2, 0) is 0 Å². The molecule has 0 bridgehead atoms. The fraction of sp³-hybridized carbons (Fsp3) is 1.00. The summed E-state index contributed by atoms with van der Waals surface area (Å²) in [6.45, 7) is 3.00. The van der Waals surface area contributed by atoms with Crippen LogP contribution in [0.4, 0.5) is 0 Å². The van der Waals surface area contributed by atoms with Crippen LogP contribution < -0.4 is 5.32 Å². The van der Waals surface area contributed by atoms with Crippen LogP contribution in [0.3, 0.4) is 0 Å². The molecular formula is C12H24N2O. The first-order chi connectivity index (χ1) is 7.25. The minimum Gasteiger partial charge on any atom is -0.391 e. The molecule has 2 N–H and O–H groups in total. The maximum Gasteiger partial charge on any atom is 0.0705 e. The van der Waals surface area contributed by atoms with Gasteiger partial charge in [-0.3, -0.25) is 0 Å². The van der Waals surface area contributed by atoms with Crippen molar-refractivity contribution in [2.45, 2.75) is 44.2 Å². The molecule has 3 heteroatoms. The summed E-state index contributed by atoms with van der Waals surface area (Å²) < 4.78 is 0. The molecule has 1 saturated heterocycles. The summed E-state index contributed by atoms with van der Waals surface area (Å²) in [4.78, 5) is 2.31. The third-order valence-corrected chi connectivity index (χ3v) is 3.94. The largest absolute Gasteiger partial charge is 0.391 e. The average Bonchev–Trinajstić information content (AvgIpc) is 2.84. The molecule has 0 amide bonds. The van der Waals surface area contributed by atoms with E-state index in [1.807, 2.05) is 0 Å². The van der Waals surface area contributed by atoms with Crippen molar-refractivity contribution < 1.29 is 5.11 Å². The number of aliphatic hydroxyl groups excluding tert-OH is 1. The summed E-state index contributed by atoms with van der Waals surface area (Å²) >= 11 is 0. The van der Waals surface area contributed by atoms with Crippen LogP contribution in [0.1, 0.15) is 32.1 Å². The molecule has 0 radical (unpaired) electrons. The fourth-order valence-corrected chi connectivity index (χ4v) is 2.87. The van der Waals surface area contributed by atoms with Crippen LogP contribution in [0.25, 0.3) is 0 Å². The third kappa shape index (κ3) is 3.16. The molecule has 2 aliphatic rings. The second kappa shape index (κ2) is 5.28. The molecule has 1 aliphatic heterocycles. The number of hydrogen-bond donors (Lipinski definition) is 2. The van der Waals surface area contributed by atoms with Crippen molar-refractivity contribution in [2.75, 3.05) is 26.7 Å². The molecule has 1 heterocycles. The molecule has 2 atom stereocenters. The van der Waals surface area contributed by atoms with Crippen molar-refractivity contribution in [1.82, 2.24) is 10.2 Å². The summed E-state index contributed by atoms with van der Waals surface area (Å²) in [5.74, 6) is 0.490. The number of hydrogen-bond acceptors (Lipinski definition) is 3. The standard InChI is InChI=1S/C12H24N2O/c1-14-7-6-10(9-14)12(15)8-13-11-4-2-3-5-11/h10-13,15H,2-9H2,1H3. The molecule has 88 valence electrons. The summed E-state index contributed by atoms with van der Waals surface area (Å²) in [5.41, 5.74) is 0. The van der Waals surface area contributed by atoms with E-state index in [1.165, 1.54) is 25.7 Å². The molecule has 2 unspecified atom stereocenters. The van der Waals surface area contributed by atoms with Crippen LogP contribution in [0.5, 0.6) is 0 Å². The number of nitrogens with one attached hydrogen (secondary N) is 1. The Hall–Kier alpha value is -0.120. The first-order valence-corrected chi connectivity index (χ1v) is 6.35. The monoisotopic (exact) mass is 212 g/mol. The molecule has 1 saturated carbocycles. The molecule has 2 fully saturated rings. The van der Waals surface area contributed by atoms with Gasteiger partial charge in [-0.2, -0.15) is 0 Å². The highest BCUT2D eigenvalue weighted by Crippen LogP contribution is 2.20. The van der Waals surface area contributed by atoms with Crippen molar-refractivity contribution in [1.29, 1.82) is 0 Å². The van der Waals surface area contributed by atoms with E-state index >= 15 is 0 Å². The van der Waals surface area contributed by atoms with Gasteiger partial charge in [0.15, 0.2) is 0 Å². The van der Waals surface area contributed by atoms with Gasteiger partial charge >= 0.3 is 0 Å². The lowest BCUT2D eigenvalue weighted by molar-refractivity contribution is 0.107. The zero-order chi connectivity index (χ0) is 10.7. The molecule has 0 spiro atoms. The Balaban J connectivity index is 1.65. The predicted molar refractivity (Wildman–Crippen MR) is 61.9 cm³/mol. The lowest BCUT2D eigenvalue weighted by Crippen LogP contribution is -2.38. The van der Waals surface area contributed by atoms with Crippen LogP contribution in [-0.4, -0.2) is 48.8 Å². The minimum atomic E-state index is -0.143. The van der Waals surface area contributed by atoms with Crippen molar-refractivity contribution in [3.05, 3.63) is 0 Å². The lowest BCUT2D eigenvalue weighted by Gasteiger charge is -2.21. The highest BCUT2D eigenvalue weighted by atomic mass is 16.3. The van der Waals surface area contributed by atoms with Gasteiger partial charge in [-0.15, -0.1) is 0 Å². The van der Waals surface area contributed by atoms with Gasteiger partial charge in [0.1, 0.15) is 0 Å². The zero-order valence-corrected chi connectivity index (χ0v) is 9.78. The molecule has 2 rings (SSSR count). The van der Waals surface area contributed by atoms with E-state index in [0.29, 0.717) is 12.0 Å². The van der Waals surface area contributed by atoms with Crippen LogP contribution in [0.2, 0.25) is 0 Å². The number of nitrogens with zero attached hydrogens (tertiary/aromatic N) is 1. The minimum absolute atomic E-state index is 0.143. The van der Waals surface area contributed by atoms with E-state index in [2.05, 4.69) is 17.3 Å².